The van der Waals surface area contributed by atoms with E-state index in [0.29, 0.717) is 22.8 Å². The maximum atomic E-state index is 12.2. The van der Waals surface area contributed by atoms with Gasteiger partial charge in [0.05, 0.1) is 12.5 Å². The Morgan fingerprint density at radius 1 is 0.667 bits per heavy atom. The summed E-state index contributed by atoms with van der Waals surface area (Å²) in [5.74, 6) is -0.321. The first-order valence-corrected chi connectivity index (χ1v) is 9.89. The van der Waals surface area contributed by atoms with Crippen LogP contribution in [-0.2, 0) is 4.79 Å². The zero-order valence-corrected chi connectivity index (χ0v) is 17.2. The number of carbonyl (C=O) groups excluding carboxylic acids is 3. The van der Waals surface area contributed by atoms with Gasteiger partial charge >= 0.3 is 0 Å². The van der Waals surface area contributed by atoms with Gasteiger partial charge in [0.15, 0.2) is 18.1 Å². The van der Waals surface area contributed by atoms with Gasteiger partial charge in [-0.1, -0.05) is 6.07 Å². The van der Waals surface area contributed by atoms with E-state index in [1.165, 1.54) is 12.5 Å². The van der Waals surface area contributed by atoms with Gasteiger partial charge < -0.3 is 29.5 Å². The zero-order chi connectivity index (χ0) is 23.0. The van der Waals surface area contributed by atoms with Crippen molar-refractivity contribution in [2.45, 2.75) is 0 Å². The summed E-state index contributed by atoms with van der Waals surface area (Å²) in [5.41, 5.74) is 1.60. The third kappa shape index (κ3) is 5.88. The molecule has 3 N–H and O–H groups in total. The minimum atomic E-state index is -0.390. The molecule has 0 aliphatic rings. The molecule has 0 spiro atoms. The van der Waals surface area contributed by atoms with Crippen LogP contribution in [0.4, 0.5) is 17.1 Å². The first-order valence-electron chi connectivity index (χ1n) is 9.89. The predicted molar refractivity (Wildman–Crippen MR) is 120 cm³/mol. The molecule has 0 saturated carbocycles. The topological polar surface area (TPSA) is 123 Å². The van der Waals surface area contributed by atoms with Crippen molar-refractivity contribution in [3.05, 3.63) is 96.8 Å². The molecule has 2 aromatic carbocycles. The molecule has 4 rings (SSSR count). The van der Waals surface area contributed by atoms with E-state index in [4.69, 9.17) is 13.6 Å². The number of ether oxygens (including phenoxy) is 1. The lowest BCUT2D eigenvalue weighted by Gasteiger charge is -2.10. The minimum absolute atomic E-state index is 0.187. The van der Waals surface area contributed by atoms with Crippen LogP contribution in [-0.4, -0.2) is 24.3 Å². The lowest BCUT2D eigenvalue weighted by atomic mass is 10.2. The van der Waals surface area contributed by atoms with E-state index >= 15 is 0 Å². The summed E-state index contributed by atoms with van der Waals surface area (Å²) in [6.45, 7) is -0.230. The smallest absolute Gasteiger partial charge is 0.291 e. The number of rotatable bonds is 8. The second-order valence-corrected chi connectivity index (χ2v) is 6.80. The Bertz CT molecular complexity index is 1230. The number of benzene rings is 2. The molecule has 0 radical (unpaired) electrons. The van der Waals surface area contributed by atoms with Gasteiger partial charge in [0, 0.05) is 23.1 Å². The highest BCUT2D eigenvalue weighted by atomic mass is 16.5. The normalized spacial score (nSPS) is 10.3. The number of carbonyl (C=O) groups is 3. The van der Waals surface area contributed by atoms with Gasteiger partial charge in [-0.25, -0.2) is 0 Å². The Kier molecular flexibility index (Phi) is 6.51. The molecule has 0 aliphatic carbocycles. The summed E-state index contributed by atoms with van der Waals surface area (Å²) in [6.07, 6.45) is 2.83. The van der Waals surface area contributed by atoms with Gasteiger partial charge in [-0.2, -0.15) is 0 Å². The summed E-state index contributed by atoms with van der Waals surface area (Å²) in [7, 11) is 0. The van der Waals surface area contributed by atoms with Crippen molar-refractivity contribution in [2.75, 3.05) is 22.6 Å². The number of hydrogen-bond donors (Lipinski definition) is 3. The molecule has 4 aromatic rings. The quantitative estimate of drug-likeness (QED) is 0.370. The fourth-order valence-electron chi connectivity index (χ4n) is 2.85. The van der Waals surface area contributed by atoms with Crippen LogP contribution < -0.4 is 20.7 Å². The molecule has 9 heteroatoms. The van der Waals surface area contributed by atoms with Crippen molar-refractivity contribution in [2.24, 2.45) is 0 Å². The van der Waals surface area contributed by atoms with E-state index in [-0.39, 0.29) is 29.9 Å². The predicted octanol–water partition coefficient (Wildman–Crippen LogP) is 4.39. The number of anilines is 3. The second kappa shape index (κ2) is 10.0. The highest BCUT2D eigenvalue weighted by Crippen LogP contribution is 2.19. The van der Waals surface area contributed by atoms with Crippen molar-refractivity contribution in [1.29, 1.82) is 0 Å². The molecule has 166 valence electrons. The molecule has 9 nitrogen and oxygen atoms in total. The first kappa shape index (κ1) is 21.4. The summed E-state index contributed by atoms with van der Waals surface area (Å²) in [6, 6.07) is 19.6. The Labute approximate surface area is 188 Å². The maximum Gasteiger partial charge on any atom is 0.291 e. The highest BCUT2D eigenvalue weighted by molar-refractivity contribution is 6.03. The largest absolute Gasteiger partial charge is 0.484 e. The first-order chi connectivity index (χ1) is 16.1. The van der Waals surface area contributed by atoms with Crippen LogP contribution in [0.3, 0.4) is 0 Å². The average molecular weight is 445 g/mol. The van der Waals surface area contributed by atoms with E-state index < -0.39 is 5.91 Å². The van der Waals surface area contributed by atoms with Gasteiger partial charge in [-0.3, -0.25) is 14.4 Å². The van der Waals surface area contributed by atoms with Gasteiger partial charge in [0.2, 0.25) is 0 Å². The van der Waals surface area contributed by atoms with Crippen LogP contribution in [0.15, 0.2) is 94.2 Å². The second-order valence-electron chi connectivity index (χ2n) is 6.80. The molecule has 0 bridgehead atoms. The fourth-order valence-corrected chi connectivity index (χ4v) is 2.85. The van der Waals surface area contributed by atoms with Crippen LogP contribution in [0.25, 0.3) is 0 Å². The summed E-state index contributed by atoms with van der Waals surface area (Å²) in [4.78, 5) is 36.3. The van der Waals surface area contributed by atoms with Crippen molar-refractivity contribution >= 4 is 34.8 Å². The molecule has 0 unspecified atom stereocenters. The molecule has 3 amide bonds. The number of amides is 3. The molecular formula is C24H19N3O6. The van der Waals surface area contributed by atoms with E-state index in [0.717, 1.165) is 0 Å². The monoisotopic (exact) mass is 445 g/mol. The highest BCUT2D eigenvalue weighted by Gasteiger charge is 2.11. The minimum Gasteiger partial charge on any atom is -0.484 e. The molecule has 0 saturated heterocycles. The molecule has 0 atom stereocenters. The Hall–Kier alpha value is -4.79. The Balaban J connectivity index is 1.26. The van der Waals surface area contributed by atoms with Crippen LogP contribution in [0.1, 0.15) is 21.1 Å². The number of furan rings is 2. The van der Waals surface area contributed by atoms with Crippen LogP contribution in [0.2, 0.25) is 0 Å². The average Bonchev–Trinajstić information content (AvgIpc) is 3.54. The third-order valence-corrected chi connectivity index (χ3v) is 4.38. The molecule has 2 heterocycles. The van der Waals surface area contributed by atoms with E-state index in [1.807, 2.05) is 0 Å². The van der Waals surface area contributed by atoms with E-state index in [1.54, 1.807) is 72.8 Å². The molecule has 0 fully saturated rings. The van der Waals surface area contributed by atoms with E-state index in [2.05, 4.69) is 16.0 Å². The standard InChI is InChI=1S/C24H19N3O6/c28-22(25-16-8-10-17(11-9-16)26-23(29)20-6-2-12-31-20)15-33-19-5-1-4-18(14-19)27-24(30)21-7-3-13-32-21/h1-14H,15H2,(H,25,28)(H,26,29)(H,27,30). The number of hydrogen-bond acceptors (Lipinski definition) is 6. The van der Waals surface area contributed by atoms with Crippen LogP contribution in [0.5, 0.6) is 5.75 Å². The lowest BCUT2D eigenvalue weighted by molar-refractivity contribution is -0.118. The summed E-state index contributed by atoms with van der Waals surface area (Å²) in [5, 5.41) is 8.09. The molecule has 2 aromatic heterocycles. The SMILES string of the molecule is O=C(COc1cccc(NC(=O)c2ccco2)c1)Nc1ccc(NC(=O)c2ccco2)cc1. The fraction of sp³-hybridized carbons (Fsp3) is 0.0417. The van der Waals surface area contributed by atoms with Crippen molar-refractivity contribution < 1.29 is 28.0 Å². The molecule has 0 aliphatic heterocycles. The van der Waals surface area contributed by atoms with Crippen molar-refractivity contribution in [1.82, 2.24) is 0 Å². The van der Waals surface area contributed by atoms with Gasteiger partial charge in [-0.05, 0) is 60.7 Å². The lowest BCUT2D eigenvalue weighted by Crippen LogP contribution is -2.20. The summed E-state index contributed by atoms with van der Waals surface area (Å²) < 4.78 is 15.6. The maximum absolute atomic E-state index is 12.2. The molecular weight excluding hydrogens is 426 g/mol. The van der Waals surface area contributed by atoms with Crippen LogP contribution >= 0.6 is 0 Å². The third-order valence-electron chi connectivity index (χ3n) is 4.38. The van der Waals surface area contributed by atoms with Gasteiger partial charge in [-0.15, -0.1) is 0 Å². The van der Waals surface area contributed by atoms with Crippen molar-refractivity contribution in [3.8, 4) is 5.75 Å². The molecule has 33 heavy (non-hydrogen) atoms. The Morgan fingerprint density at radius 2 is 1.24 bits per heavy atom. The zero-order valence-electron chi connectivity index (χ0n) is 17.2. The van der Waals surface area contributed by atoms with Crippen LogP contribution in [0, 0.1) is 0 Å². The van der Waals surface area contributed by atoms with Gasteiger partial charge in [0.25, 0.3) is 17.7 Å². The Morgan fingerprint density at radius 3 is 1.82 bits per heavy atom. The number of nitrogens with one attached hydrogen (secondary N) is 3. The van der Waals surface area contributed by atoms with Crippen molar-refractivity contribution in [3.63, 3.8) is 0 Å². The van der Waals surface area contributed by atoms with E-state index in [9.17, 15) is 14.4 Å². The summed E-state index contributed by atoms with van der Waals surface area (Å²) >= 11 is 0. The van der Waals surface area contributed by atoms with Gasteiger partial charge in [0.1, 0.15) is 5.75 Å².